The molecule has 1 amide bonds. The first-order valence-electron chi connectivity index (χ1n) is 11.2. The van der Waals surface area contributed by atoms with Crippen LogP contribution < -0.4 is 9.64 Å². The number of anilines is 1. The highest BCUT2D eigenvalue weighted by atomic mass is 79.9. The van der Waals surface area contributed by atoms with Crippen LogP contribution in [0.5, 0.6) is 5.75 Å². The zero-order chi connectivity index (χ0) is 22.8. The van der Waals surface area contributed by atoms with E-state index in [4.69, 9.17) is 4.74 Å². The van der Waals surface area contributed by atoms with E-state index in [2.05, 4.69) is 53.2 Å². The van der Waals surface area contributed by atoms with Crippen molar-refractivity contribution < 1.29 is 9.53 Å². The van der Waals surface area contributed by atoms with Crippen LogP contribution in [0.4, 0.5) is 5.69 Å². The van der Waals surface area contributed by atoms with Crippen molar-refractivity contribution in [3.63, 3.8) is 0 Å². The first-order chi connectivity index (χ1) is 16.2. The van der Waals surface area contributed by atoms with Crippen molar-refractivity contribution in [3.05, 3.63) is 106 Å². The Bertz CT molecular complexity index is 1370. The average Bonchev–Trinajstić information content (AvgIpc) is 3.10. The van der Waals surface area contributed by atoms with E-state index in [0.717, 1.165) is 51.1 Å². The maximum absolute atomic E-state index is 13.1. The van der Waals surface area contributed by atoms with Crippen LogP contribution in [-0.4, -0.2) is 12.5 Å². The van der Waals surface area contributed by atoms with Crippen molar-refractivity contribution >= 4 is 49.9 Å². The summed E-state index contributed by atoms with van der Waals surface area (Å²) in [5, 5.41) is 2.41. The fraction of sp³-hybridized carbons (Fsp3) is 0.138. The Kier molecular flexibility index (Phi) is 6.01. The largest absolute Gasteiger partial charge is 0.488 e. The number of benzene rings is 4. The molecule has 0 bridgehead atoms. The van der Waals surface area contributed by atoms with Gasteiger partial charge in [-0.1, -0.05) is 73.7 Å². The van der Waals surface area contributed by atoms with Crippen LogP contribution in [0.1, 0.15) is 30.0 Å². The second-order valence-corrected chi connectivity index (χ2v) is 9.00. The molecule has 4 aromatic rings. The number of rotatable bonds is 6. The van der Waals surface area contributed by atoms with Gasteiger partial charge < -0.3 is 9.64 Å². The Morgan fingerprint density at radius 3 is 2.58 bits per heavy atom. The fourth-order valence-electron chi connectivity index (χ4n) is 4.36. The van der Waals surface area contributed by atoms with Gasteiger partial charge in [0.1, 0.15) is 12.4 Å². The maximum atomic E-state index is 13.1. The molecule has 33 heavy (non-hydrogen) atoms. The molecule has 0 saturated carbocycles. The predicted octanol–water partition coefficient (Wildman–Crippen LogP) is 7.48. The summed E-state index contributed by atoms with van der Waals surface area (Å²) >= 11 is 3.65. The normalized spacial score (nSPS) is 14.2. The highest BCUT2D eigenvalue weighted by Crippen LogP contribution is 2.38. The number of carbonyl (C=O) groups is 1. The van der Waals surface area contributed by atoms with Crippen LogP contribution in [0.2, 0.25) is 0 Å². The van der Waals surface area contributed by atoms with E-state index in [-0.39, 0.29) is 5.91 Å². The molecule has 0 unspecified atom stereocenters. The van der Waals surface area contributed by atoms with Gasteiger partial charge in [-0.05, 0) is 68.5 Å². The number of carbonyl (C=O) groups excluding carboxylic acids is 1. The molecule has 3 nitrogen and oxygen atoms in total. The standard InChI is InChI=1S/C29H24BrNO2/c1-2-16-31-27-13-6-5-12-24(27)25(29(31)32)17-20-14-15-28(26(30)18-20)33-19-22-10-7-9-21-8-3-4-11-23(21)22/h3-15,17-18H,2,16,19H2,1H3/b25-17-. The van der Waals surface area contributed by atoms with Crippen LogP contribution in [0.15, 0.2) is 89.4 Å². The van der Waals surface area contributed by atoms with E-state index in [1.165, 1.54) is 10.8 Å². The summed E-state index contributed by atoms with van der Waals surface area (Å²) < 4.78 is 7.00. The molecule has 164 valence electrons. The van der Waals surface area contributed by atoms with E-state index in [1.54, 1.807) is 0 Å². The monoisotopic (exact) mass is 497 g/mol. The minimum Gasteiger partial charge on any atom is -0.488 e. The zero-order valence-electron chi connectivity index (χ0n) is 18.4. The zero-order valence-corrected chi connectivity index (χ0v) is 20.0. The van der Waals surface area contributed by atoms with Crippen LogP contribution in [0.25, 0.3) is 22.4 Å². The second kappa shape index (κ2) is 9.24. The van der Waals surface area contributed by atoms with Crippen molar-refractivity contribution in [2.24, 2.45) is 0 Å². The topological polar surface area (TPSA) is 29.5 Å². The molecule has 4 aromatic carbocycles. The van der Waals surface area contributed by atoms with Crippen molar-refractivity contribution in [3.8, 4) is 5.75 Å². The molecule has 1 aliphatic heterocycles. The van der Waals surface area contributed by atoms with Crippen molar-refractivity contribution in [1.82, 2.24) is 0 Å². The predicted molar refractivity (Wildman–Crippen MR) is 139 cm³/mol. The summed E-state index contributed by atoms with van der Waals surface area (Å²) in [7, 11) is 0. The van der Waals surface area contributed by atoms with Gasteiger partial charge >= 0.3 is 0 Å². The lowest BCUT2D eigenvalue weighted by Gasteiger charge is -2.15. The molecule has 0 N–H and O–H groups in total. The molecule has 4 heteroatoms. The third-order valence-corrected chi connectivity index (χ3v) is 6.56. The Hall–Kier alpha value is -3.37. The molecule has 0 radical (unpaired) electrons. The third-order valence-electron chi connectivity index (χ3n) is 5.94. The lowest BCUT2D eigenvalue weighted by atomic mass is 10.0. The van der Waals surface area contributed by atoms with E-state index in [9.17, 15) is 4.79 Å². The number of halogens is 1. The SMILES string of the molecule is CCCN1C(=O)/C(=C\c2ccc(OCc3cccc4ccccc34)c(Br)c2)c2ccccc21. The number of fused-ring (bicyclic) bond motifs is 2. The first-order valence-corrected chi connectivity index (χ1v) is 12.0. The van der Waals surface area contributed by atoms with Gasteiger partial charge in [0.2, 0.25) is 0 Å². The maximum Gasteiger partial charge on any atom is 0.258 e. The number of nitrogens with zero attached hydrogens (tertiary/aromatic N) is 1. The van der Waals surface area contributed by atoms with E-state index in [0.29, 0.717) is 6.61 Å². The number of hydrogen-bond donors (Lipinski definition) is 0. The molecule has 0 aliphatic carbocycles. The summed E-state index contributed by atoms with van der Waals surface area (Å²) in [5.74, 6) is 0.835. The Labute approximate surface area is 202 Å². The highest BCUT2D eigenvalue weighted by molar-refractivity contribution is 9.10. The Balaban J connectivity index is 1.39. The number of hydrogen-bond acceptors (Lipinski definition) is 2. The summed E-state index contributed by atoms with van der Waals surface area (Å²) in [6.07, 6.45) is 2.89. The minimum absolute atomic E-state index is 0.0606. The van der Waals surface area contributed by atoms with Gasteiger partial charge in [-0.3, -0.25) is 4.79 Å². The van der Waals surface area contributed by atoms with Crippen molar-refractivity contribution in [2.75, 3.05) is 11.4 Å². The van der Waals surface area contributed by atoms with Crippen LogP contribution in [-0.2, 0) is 11.4 Å². The average molecular weight is 498 g/mol. The minimum atomic E-state index is 0.0606. The lowest BCUT2D eigenvalue weighted by Crippen LogP contribution is -2.26. The molecule has 5 rings (SSSR count). The Morgan fingerprint density at radius 2 is 1.73 bits per heavy atom. The quantitative estimate of drug-likeness (QED) is 0.258. The van der Waals surface area contributed by atoms with Gasteiger partial charge in [-0.15, -0.1) is 0 Å². The van der Waals surface area contributed by atoms with Crippen LogP contribution in [0.3, 0.4) is 0 Å². The van der Waals surface area contributed by atoms with Gasteiger partial charge in [0.05, 0.1) is 10.2 Å². The lowest BCUT2D eigenvalue weighted by molar-refractivity contribution is -0.113. The number of para-hydroxylation sites is 1. The molecule has 0 spiro atoms. The molecule has 0 aromatic heterocycles. The molecule has 1 heterocycles. The van der Waals surface area contributed by atoms with Gasteiger partial charge in [0, 0.05) is 17.7 Å². The summed E-state index contributed by atoms with van der Waals surface area (Å²) in [6.45, 7) is 3.29. The highest BCUT2D eigenvalue weighted by Gasteiger charge is 2.31. The molecule has 1 aliphatic rings. The van der Waals surface area contributed by atoms with Crippen LogP contribution in [0, 0.1) is 0 Å². The smallest absolute Gasteiger partial charge is 0.258 e. The van der Waals surface area contributed by atoms with Crippen molar-refractivity contribution in [1.29, 1.82) is 0 Å². The van der Waals surface area contributed by atoms with Gasteiger partial charge in [-0.25, -0.2) is 0 Å². The van der Waals surface area contributed by atoms with Crippen molar-refractivity contribution in [2.45, 2.75) is 20.0 Å². The second-order valence-electron chi connectivity index (χ2n) is 8.15. The Morgan fingerprint density at radius 1 is 0.939 bits per heavy atom. The first kappa shape index (κ1) is 21.5. The molecular formula is C29H24BrNO2. The van der Waals surface area contributed by atoms with E-state index < -0.39 is 0 Å². The summed E-state index contributed by atoms with van der Waals surface area (Å²) in [6, 6.07) is 28.6. The molecule has 0 saturated heterocycles. The summed E-state index contributed by atoms with van der Waals surface area (Å²) in [4.78, 5) is 15.0. The summed E-state index contributed by atoms with van der Waals surface area (Å²) in [5.41, 5.74) is 4.81. The van der Waals surface area contributed by atoms with E-state index >= 15 is 0 Å². The third kappa shape index (κ3) is 4.19. The van der Waals surface area contributed by atoms with Gasteiger partial charge in [-0.2, -0.15) is 0 Å². The molecule has 0 atom stereocenters. The van der Waals surface area contributed by atoms with Crippen LogP contribution >= 0.6 is 15.9 Å². The van der Waals surface area contributed by atoms with Gasteiger partial charge in [0.25, 0.3) is 5.91 Å². The molecular weight excluding hydrogens is 474 g/mol. The number of amides is 1. The van der Waals surface area contributed by atoms with E-state index in [1.807, 2.05) is 65.6 Å². The fourth-order valence-corrected chi connectivity index (χ4v) is 4.87. The van der Waals surface area contributed by atoms with Gasteiger partial charge in [0.15, 0.2) is 0 Å². The number of ether oxygens (including phenoxy) is 1. The molecule has 0 fully saturated rings.